The van der Waals surface area contributed by atoms with E-state index in [0.717, 1.165) is 25.7 Å². The van der Waals surface area contributed by atoms with Crippen molar-refractivity contribution in [3.8, 4) is 5.75 Å². The predicted octanol–water partition coefficient (Wildman–Crippen LogP) is 11.1. The minimum Gasteiger partial charge on any atom is -0.495 e. The zero-order chi connectivity index (χ0) is 37.8. The van der Waals surface area contributed by atoms with Gasteiger partial charge in [0.2, 0.25) is 0 Å². The quantitative estimate of drug-likeness (QED) is 0.208. The Morgan fingerprint density at radius 2 is 1.72 bits per heavy atom. The highest BCUT2D eigenvalue weighted by atomic mass is 35.5. The number of aliphatic imine (C=N–C) groups is 1. The van der Waals surface area contributed by atoms with E-state index in [1.54, 1.807) is 37.3 Å². The van der Waals surface area contributed by atoms with Gasteiger partial charge in [0.15, 0.2) is 0 Å². The first-order valence-electron chi connectivity index (χ1n) is 17.0. The molecule has 0 N–H and O–H groups in total. The molecule has 278 valence electrons. The number of anilines is 1. The van der Waals surface area contributed by atoms with Crippen LogP contribution in [0.3, 0.4) is 0 Å². The van der Waals surface area contributed by atoms with Crippen molar-refractivity contribution in [1.29, 1.82) is 0 Å². The molecule has 2 aliphatic heterocycles. The van der Waals surface area contributed by atoms with Crippen LogP contribution in [0.1, 0.15) is 116 Å². The fourth-order valence-electron chi connectivity index (χ4n) is 5.18. The van der Waals surface area contributed by atoms with Gasteiger partial charge < -0.3 is 14.2 Å². The van der Waals surface area contributed by atoms with Crippen LogP contribution in [0.5, 0.6) is 5.75 Å². The largest absolute Gasteiger partial charge is 0.495 e. The van der Waals surface area contributed by atoms with Crippen LogP contribution >= 0.6 is 23.2 Å². The highest BCUT2D eigenvalue weighted by Gasteiger charge is 2.46. The maximum absolute atomic E-state index is 14.3. The van der Waals surface area contributed by atoms with Gasteiger partial charge in [-0.25, -0.2) is 0 Å². The maximum atomic E-state index is 14.3. The number of methoxy groups -OCH3 is 1. The van der Waals surface area contributed by atoms with Gasteiger partial charge in [0.05, 0.1) is 31.0 Å². The molecule has 1 atom stereocenters. The molecule has 2 aromatic rings. The summed E-state index contributed by atoms with van der Waals surface area (Å²) in [5, 5.41) is 0.725. The van der Waals surface area contributed by atoms with Crippen molar-refractivity contribution in [1.82, 2.24) is 0 Å². The van der Waals surface area contributed by atoms with Gasteiger partial charge >= 0.3 is 12.1 Å². The fourth-order valence-corrected chi connectivity index (χ4v) is 5.72. The number of carbonyl (C=O) groups excluding carboxylic acids is 2. The van der Waals surface area contributed by atoms with Crippen molar-refractivity contribution >= 4 is 46.5 Å². The van der Waals surface area contributed by atoms with E-state index in [0.29, 0.717) is 56.5 Å². The number of unbranched alkanes of at least 4 members (excludes halogenated alkanes) is 1. The molecule has 2 heterocycles. The molecular formula is C38H51Cl2F3N2O5. The number of Topliss-reactive ketones (excluding diaryl/α,β-unsaturated/α-hetero) is 1. The molecule has 1 saturated carbocycles. The smallest absolute Gasteiger partial charge is 0.431 e. The summed E-state index contributed by atoms with van der Waals surface area (Å²) in [5.41, 5.74) is 1.50. The van der Waals surface area contributed by atoms with E-state index in [-0.39, 0.29) is 36.4 Å². The Morgan fingerprint density at radius 1 is 1.08 bits per heavy atom. The van der Waals surface area contributed by atoms with Gasteiger partial charge in [0.25, 0.3) is 0 Å². The Balaban J connectivity index is 0.000000419. The second-order valence-corrected chi connectivity index (χ2v) is 13.4. The van der Waals surface area contributed by atoms with Crippen molar-refractivity contribution < 1.29 is 37.0 Å². The van der Waals surface area contributed by atoms with Gasteiger partial charge in [-0.1, -0.05) is 82.8 Å². The third kappa shape index (κ3) is 12.0. The molecular weight excluding hydrogens is 692 g/mol. The number of hydrogen-bond acceptors (Lipinski definition) is 7. The topological polar surface area (TPSA) is 77.4 Å². The van der Waals surface area contributed by atoms with Crippen LogP contribution in [0.2, 0.25) is 10.0 Å². The summed E-state index contributed by atoms with van der Waals surface area (Å²) in [7, 11) is 1.50. The van der Waals surface area contributed by atoms with E-state index in [4.69, 9.17) is 32.7 Å². The van der Waals surface area contributed by atoms with Crippen LogP contribution in [0.15, 0.2) is 46.6 Å². The van der Waals surface area contributed by atoms with Crippen molar-refractivity contribution in [2.75, 3.05) is 31.8 Å². The monoisotopic (exact) mass is 742 g/mol. The van der Waals surface area contributed by atoms with Gasteiger partial charge in [-0.15, -0.1) is 0 Å². The average molecular weight is 744 g/mol. The highest BCUT2D eigenvalue weighted by Crippen LogP contribution is 2.49. The minimum absolute atomic E-state index is 0.0471. The van der Waals surface area contributed by atoms with Crippen molar-refractivity contribution in [3.05, 3.63) is 68.3 Å². The van der Waals surface area contributed by atoms with Gasteiger partial charge in [-0.05, 0) is 68.4 Å². The number of ketones is 1. The third-order valence-corrected chi connectivity index (χ3v) is 8.37. The third-order valence-electron chi connectivity index (χ3n) is 7.75. The lowest BCUT2D eigenvalue weighted by Gasteiger charge is -2.35. The summed E-state index contributed by atoms with van der Waals surface area (Å²) in [4.78, 5) is 25.9. The number of alkyl halides is 3. The minimum atomic E-state index is -4.58. The summed E-state index contributed by atoms with van der Waals surface area (Å²) >= 11 is 13.1. The number of hydrogen-bond donors (Lipinski definition) is 0. The SMILES string of the molecule is CC(=O)C1CC1.CCC.CCCCOC(C)=O.COc1cccc([C@H]2OCC3=NCC(C)=C(C(F)(F)F)N3c3c(C(C)C)cc(Cl)cc32)c1Cl. The zero-order valence-electron chi connectivity index (χ0n) is 30.6. The number of carbonyl (C=O) groups is 2. The molecule has 3 aliphatic rings. The second-order valence-electron chi connectivity index (χ2n) is 12.6. The van der Waals surface area contributed by atoms with Crippen LogP contribution in [-0.2, 0) is 19.1 Å². The first-order chi connectivity index (χ1) is 23.5. The first kappa shape index (κ1) is 43.1. The molecule has 0 radical (unpaired) electrons. The number of ether oxygens (including phenoxy) is 3. The second kappa shape index (κ2) is 20.1. The highest BCUT2D eigenvalue weighted by molar-refractivity contribution is 6.33. The molecule has 12 heteroatoms. The van der Waals surface area contributed by atoms with Crippen molar-refractivity contribution in [3.63, 3.8) is 0 Å². The molecule has 5 rings (SSSR count). The van der Waals surface area contributed by atoms with Crippen LogP contribution in [0, 0.1) is 5.92 Å². The number of benzene rings is 2. The van der Waals surface area contributed by atoms with Crippen LogP contribution < -0.4 is 9.64 Å². The van der Waals surface area contributed by atoms with Gasteiger partial charge in [-0.3, -0.25) is 19.5 Å². The number of allylic oxidation sites excluding steroid dienone is 1. The molecule has 0 spiro atoms. The molecule has 0 unspecified atom stereocenters. The zero-order valence-corrected chi connectivity index (χ0v) is 32.1. The van der Waals surface area contributed by atoms with E-state index in [1.807, 2.05) is 13.8 Å². The molecule has 0 saturated heterocycles. The van der Waals surface area contributed by atoms with Crippen LogP contribution in [0.4, 0.5) is 18.9 Å². The maximum Gasteiger partial charge on any atom is 0.431 e. The summed E-state index contributed by atoms with van der Waals surface area (Å²) < 4.78 is 59.2. The summed E-state index contributed by atoms with van der Waals surface area (Å²) in [6, 6.07) is 8.59. The molecule has 0 aromatic heterocycles. The summed E-state index contributed by atoms with van der Waals surface area (Å²) in [6.45, 7) is 15.1. The lowest BCUT2D eigenvalue weighted by molar-refractivity contribution is -0.141. The Labute approximate surface area is 305 Å². The van der Waals surface area contributed by atoms with Gasteiger partial charge in [0.1, 0.15) is 35.8 Å². The number of nitrogens with zero attached hydrogens (tertiary/aromatic N) is 2. The lowest BCUT2D eigenvalue weighted by atomic mass is 9.91. The first-order valence-corrected chi connectivity index (χ1v) is 17.8. The van der Waals surface area contributed by atoms with Crippen LogP contribution in [-0.4, -0.2) is 50.6 Å². The number of amidine groups is 1. The standard InChI is InChI=1S/C24H23Cl2F3N2O2.C6H12O2.C5H8O.C3H8/c1-12(2)16-8-14(25)9-17-21(16)31-19(30-10-13(3)23(31)24(27,28)29)11-33-22(17)15-6-5-7-18(32-4)20(15)26;1-3-4-5-8-6(2)7;1-4(6)5-2-3-5;1-3-2/h5-9,12,22H,10-11H2,1-4H3;3-5H2,1-2H3;5H,2-3H2,1H3;3H2,1-2H3/t22-;;;/m1.../s1. The van der Waals surface area contributed by atoms with Crippen LogP contribution in [0.25, 0.3) is 0 Å². The normalized spacial score (nSPS) is 16.6. The molecule has 0 amide bonds. The molecule has 7 nitrogen and oxygen atoms in total. The Morgan fingerprint density at radius 3 is 2.20 bits per heavy atom. The Hall–Kier alpha value is -3.08. The van der Waals surface area contributed by atoms with Crippen molar-refractivity contribution in [2.24, 2.45) is 10.9 Å². The average Bonchev–Trinajstić information content (AvgIpc) is 3.89. The molecule has 50 heavy (non-hydrogen) atoms. The number of esters is 1. The molecule has 1 aliphatic carbocycles. The number of rotatable bonds is 7. The fraction of sp³-hybridized carbons (Fsp3) is 0.553. The van der Waals surface area contributed by atoms with E-state index >= 15 is 0 Å². The summed E-state index contributed by atoms with van der Waals surface area (Å²) in [6.07, 6.45) is 0.239. The van der Waals surface area contributed by atoms with E-state index in [2.05, 4.69) is 30.5 Å². The Kier molecular flexibility index (Phi) is 17.3. The van der Waals surface area contributed by atoms with Gasteiger partial charge in [0, 0.05) is 29.0 Å². The Bertz CT molecular complexity index is 1520. The summed E-state index contributed by atoms with van der Waals surface area (Å²) in [5.74, 6) is 1.17. The molecule has 2 aromatic carbocycles. The lowest BCUT2D eigenvalue weighted by Crippen LogP contribution is -2.42. The number of halogens is 5. The molecule has 1 fully saturated rings. The molecule has 0 bridgehead atoms. The van der Waals surface area contributed by atoms with E-state index in [1.165, 1.54) is 32.3 Å². The van der Waals surface area contributed by atoms with E-state index < -0.39 is 18.0 Å². The van der Waals surface area contributed by atoms with Gasteiger partial charge in [-0.2, -0.15) is 13.2 Å². The van der Waals surface area contributed by atoms with E-state index in [9.17, 15) is 22.8 Å². The van der Waals surface area contributed by atoms with Crippen molar-refractivity contribution in [2.45, 2.75) is 106 Å². The number of fused-ring (bicyclic) bond motifs is 3. The predicted molar refractivity (Wildman–Crippen MR) is 196 cm³/mol.